The number of hydrogen-bond acceptors (Lipinski definition) is 2. The highest BCUT2D eigenvalue weighted by molar-refractivity contribution is 7.98. The average Bonchev–Trinajstić information content (AvgIpc) is 2.56. The Hall–Kier alpha value is 0.110. The second-order valence-corrected chi connectivity index (χ2v) is 5.85. The van der Waals surface area contributed by atoms with Gasteiger partial charge in [0.2, 0.25) is 5.91 Å². The molecule has 0 bridgehead atoms. The Labute approximate surface area is 108 Å². The van der Waals surface area contributed by atoms with Crippen LogP contribution in [-0.2, 0) is 4.79 Å². The van der Waals surface area contributed by atoms with E-state index in [1.54, 1.807) is 0 Å². The first-order valence-corrected chi connectivity index (χ1v) is 8.00. The topological polar surface area (TPSA) is 20.3 Å². The molecule has 1 fully saturated rings. The Morgan fingerprint density at radius 3 is 2.50 bits per heavy atom. The summed E-state index contributed by atoms with van der Waals surface area (Å²) in [6.07, 6.45) is 8.72. The molecule has 0 aromatic carbocycles. The first kappa shape index (κ1) is 14.2. The van der Waals surface area contributed by atoms with Gasteiger partial charge in [0.25, 0.3) is 0 Å². The molecule has 1 unspecified atom stereocenters. The lowest BCUT2D eigenvalue weighted by molar-refractivity contribution is -0.130. The fraction of sp³-hybridized carbons (Fsp3) is 0.917. The molecule has 0 aliphatic carbocycles. The maximum absolute atomic E-state index is 12.0. The Balaban J connectivity index is 2.30. The predicted molar refractivity (Wildman–Crippen MR) is 72.3 cm³/mol. The van der Waals surface area contributed by atoms with Crippen molar-refractivity contribution >= 4 is 29.3 Å². The Morgan fingerprint density at radius 2 is 1.94 bits per heavy atom. The lowest BCUT2D eigenvalue weighted by atomic mass is 10.2. The number of amides is 1. The predicted octanol–water partition coefficient (Wildman–Crippen LogP) is 3.14. The highest BCUT2D eigenvalue weighted by atomic mass is 35.5. The minimum atomic E-state index is -0.301. The third kappa shape index (κ3) is 4.96. The smallest absolute Gasteiger partial charge is 0.240 e. The third-order valence-electron chi connectivity index (χ3n) is 2.99. The molecule has 1 heterocycles. The van der Waals surface area contributed by atoms with Gasteiger partial charge in [-0.15, -0.1) is 11.6 Å². The zero-order chi connectivity index (χ0) is 11.8. The standard InChI is InChI=1S/C12H22ClNOS/c1-16-10-6-7-11(13)12(15)14-8-4-2-3-5-9-14/h11H,2-10H2,1H3. The van der Waals surface area contributed by atoms with Crippen LogP contribution in [0.2, 0.25) is 0 Å². The molecule has 1 rings (SSSR count). The van der Waals surface area contributed by atoms with E-state index in [0.29, 0.717) is 0 Å². The van der Waals surface area contributed by atoms with Gasteiger partial charge >= 0.3 is 0 Å². The van der Waals surface area contributed by atoms with Gasteiger partial charge in [0, 0.05) is 13.1 Å². The number of halogens is 1. The van der Waals surface area contributed by atoms with Crippen LogP contribution in [0.5, 0.6) is 0 Å². The lowest BCUT2D eigenvalue weighted by Crippen LogP contribution is -2.37. The molecule has 0 N–H and O–H groups in total. The summed E-state index contributed by atoms with van der Waals surface area (Å²) in [5.74, 6) is 1.25. The normalized spacial score (nSPS) is 19.2. The van der Waals surface area contributed by atoms with Gasteiger partial charge < -0.3 is 4.90 Å². The zero-order valence-electron chi connectivity index (χ0n) is 10.1. The SMILES string of the molecule is CSCCCC(Cl)C(=O)N1CCCCCC1. The molecule has 0 spiro atoms. The summed E-state index contributed by atoms with van der Waals surface area (Å²) in [6, 6.07) is 0. The minimum Gasteiger partial charge on any atom is -0.341 e. The fourth-order valence-corrected chi connectivity index (χ4v) is 2.77. The van der Waals surface area contributed by atoms with Crippen molar-refractivity contribution in [3.63, 3.8) is 0 Å². The van der Waals surface area contributed by atoms with Gasteiger partial charge in [-0.05, 0) is 37.7 Å². The summed E-state index contributed by atoms with van der Waals surface area (Å²) in [4.78, 5) is 14.0. The van der Waals surface area contributed by atoms with Crippen LogP contribution in [0.15, 0.2) is 0 Å². The summed E-state index contributed by atoms with van der Waals surface area (Å²) in [5, 5.41) is -0.301. The van der Waals surface area contributed by atoms with Crippen LogP contribution in [0.3, 0.4) is 0 Å². The number of carbonyl (C=O) groups is 1. The molecular formula is C12H22ClNOS. The highest BCUT2D eigenvalue weighted by Gasteiger charge is 2.22. The van der Waals surface area contributed by atoms with Gasteiger partial charge in [0.05, 0.1) is 0 Å². The molecule has 2 nitrogen and oxygen atoms in total. The molecule has 4 heteroatoms. The van der Waals surface area contributed by atoms with Gasteiger partial charge in [-0.25, -0.2) is 0 Å². The largest absolute Gasteiger partial charge is 0.341 e. The van der Waals surface area contributed by atoms with Crippen molar-refractivity contribution < 1.29 is 4.79 Å². The van der Waals surface area contributed by atoms with E-state index >= 15 is 0 Å². The van der Waals surface area contributed by atoms with E-state index in [1.165, 1.54) is 12.8 Å². The summed E-state index contributed by atoms with van der Waals surface area (Å²) in [6.45, 7) is 1.81. The second kappa shape index (κ2) is 8.24. The molecule has 16 heavy (non-hydrogen) atoms. The van der Waals surface area contributed by atoms with Crippen molar-refractivity contribution in [2.75, 3.05) is 25.1 Å². The van der Waals surface area contributed by atoms with Gasteiger partial charge in [0.15, 0.2) is 0 Å². The van der Waals surface area contributed by atoms with Crippen LogP contribution < -0.4 is 0 Å². The Kier molecular flexibility index (Phi) is 7.30. The molecule has 0 radical (unpaired) electrons. The van der Waals surface area contributed by atoms with Gasteiger partial charge in [-0.3, -0.25) is 4.79 Å². The minimum absolute atomic E-state index is 0.157. The molecule has 1 saturated heterocycles. The molecule has 0 saturated carbocycles. The van der Waals surface area contributed by atoms with E-state index in [-0.39, 0.29) is 11.3 Å². The van der Waals surface area contributed by atoms with E-state index in [2.05, 4.69) is 6.26 Å². The van der Waals surface area contributed by atoms with E-state index in [1.807, 2.05) is 16.7 Å². The number of likely N-dealkylation sites (tertiary alicyclic amines) is 1. The zero-order valence-corrected chi connectivity index (χ0v) is 11.7. The first-order chi connectivity index (χ1) is 7.75. The van der Waals surface area contributed by atoms with Crippen molar-refractivity contribution in [3.8, 4) is 0 Å². The fourth-order valence-electron chi connectivity index (χ4n) is 2.02. The van der Waals surface area contributed by atoms with Gasteiger partial charge in [0.1, 0.15) is 5.38 Å². The molecule has 1 aliphatic rings. The highest BCUT2D eigenvalue weighted by Crippen LogP contribution is 2.16. The van der Waals surface area contributed by atoms with Crippen molar-refractivity contribution in [1.29, 1.82) is 0 Å². The molecule has 1 atom stereocenters. The number of nitrogens with zero attached hydrogens (tertiary/aromatic N) is 1. The van der Waals surface area contributed by atoms with Crippen LogP contribution in [0.25, 0.3) is 0 Å². The Morgan fingerprint density at radius 1 is 1.31 bits per heavy atom. The summed E-state index contributed by atoms with van der Waals surface area (Å²) in [5.41, 5.74) is 0. The van der Waals surface area contributed by atoms with Crippen LogP contribution >= 0.6 is 23.4 Å². The van der Waals surface area contributed by atoms with Crippen molar-refractivity contribution in [2.24, 2.45) is 0 Å². The van der Waals surface area contributed by atoms with Crippen molar-refractivity contribution in [3.05, 3.63) is 0 Å². The van der Waals surface area contributed by atoms with Crippen LogP contribution in [0.1, 0.15) is 38.5 Å². The van der Waals surface area contributed by atoms with E-state index in [9.17, 15) is 4.79 Å². The van der Waals surface area contributed by atoms with Crippen LogP contribution in [-0.4, -0.2) is 41.3 Å². The first-order valence-electron chi connectivity index (χ1n) is 6.17. The van der Waals surface area contributed by atoms with Crippen LogP contribution in [0.4, 0.5) is 0 Å². The third-order valence-corrected chi connectivity index (χ3v) is 4.09. The summed E-state index contributed by atoms with van der Waals surface area (Å²) >= 11 is 7.96. The Bertz CT molecular complexity index is 205. The summed E-state index contributed by atoms with van der Waals surface area (Å²) in [7, 11) is 0. The number of hydrogen-bond donors (Lipinski definition) is 0. The van der Waals surface area contributed by atoms with Gasteiger partial charge in [-0.1, -0.05) is 12.8 Å². The number of alkyl halides is 1. The van der Waals surface area contributed by atoms with Crippen molar-refractivity contribution in [1.82, 2.24) is 4.90 Å². The quantitative estimate of drug-likeness (QED) is 0.561. The number of carbonyl (C=O) groups excluding carboxylic acids is 1. The second-order valence-electron chi connectivity index (χ2n) is 4.34. The lowest BCUT2D eigenvalue weighted by Gasteiger charge is -2.23. The molecule has 1 aliphatic heterocycles. The molecular weight excluding hydrogens is 242 g/mol. The maximum Gasteiger partial charge on any atom is 0.240 e. The van der Waals surface area contributed by atoms with Crippen LogP contribution in [0, 0.1) is 0 Å². The molecule has 0 aromatic heterocycles. The number of rotatable bonds is 5. The molecule has 94 valence electrons. The molecule has 1 amide bonds. The van der Waals surface area contributed by atoms with Gasteiger partial charge in [-0.2, -0.15) is 11.8 Å². The molecule has 0 aromatic rings. The van der Waals surface area contributed by atoms with E-state index in [4.69, 9.17) is 11.6 Å². The van der Waals surface area contributed by atoms with Crippen molar-refractivity contribution in [2.45, 2.75) is 43.9 Å². The average molecular weight is 264 g/mol. The monoisotopic (exact) mass is 263 g/mol. The summed E-state index contributed by atoms with van der Waals surface area (Å²) < 4.78 is 0. The number of thioether (sulfide) groups is 1. The maximum atomic E-state index is 12.0. The van der Waals surface area contributed by atoms with E-state index < -0.39 is 0 Å². The van der Waals surface area contributed by atoms with E-state index in [0.717, 1.165) is 44.5 Å².